The lowest BCUT2D eigenvalue weighted by Crippen LogP contribution is -2.36. The second-order valence-electron chi connectivity index (χ2n) is 3.13. The summed E-state index contributed by atoms with van der Waals surface area (Å²) in [5.74, 6) is -0.738. The molecular formula is C8H13NO5. The van der Waals surface area contributed by atoms with Gasteiger partial charge in [0.05, 0.1) is 6.61 Å². The average molecular weight is 203 g/mol. The summed E-state index contributed by atoms with van der Waals surface area (Å²) in [6.45, 7) is -0.702. The van der Waals surface area contributed by atoms with E-state index < -0.39 is 24.7 Å². The predicted molar refractivity (Wildman–Crippen MR) is 45.2 cm³/mol. The molecule has 1 unspecified atom stereocenters. The van der Waals surface area contributed by atoms with Crippen LogP contribution in [0.15, 0.2) is 0 Å². The Morgan fingerprint density at radius 3 is 2.93 bits per heavy atom. The predicted octanol–water partition coefficient (Wildman–Crippen LogP) is -1.84. The third-order valence-corrected chi connectivity index (χ3v) is 1.91. The first kappa shape index (κ1) is 10.9. The van der Waals surface area contributed by atoms with Crippen LogP contribution in [-0.4, -0.2) is 47.4 Å². The molecule has 1 aliphatic rings. The van der Waals surface area contributed by atoms with Crippen molar-refractivity contribution in [3.05, 3.63) is 0 Å². The van der Waals surface area contributed by atoms with E-state index in [1.165, 1.54) is 0 Å². The van der Waals surface area contributed by atoms with Gasteiger partial charge in [0.1, 0.15) is 18.8 Å². The molecule has 0 saturated carbocycles. The number of ether oxygens (including phenoxy) is 1. The molecule has 1 rings (SSSR count). The van der Waals surface area contributed by atoms with Crippen molar-refractivity contribution in [1.29, 1.82) is 0 Å². The second kappa shape index (κ2) is 4.92. The molecule has 1 fully saturated rings. The minimum Gasteiger partial charge on any atom is -0.461 e. The quantitative estimate of drug-likeness (QED) is 0.467. The van der Waals surface area contributed by atoms with Gasteiger partial charge < -0.3 is 20.3 Å². The minimum atomic E-state index is -1.06. The van der Waals surface area contributed by atoms with Crippen LogP contribution in [0.25, 0.3) is 0 Å². The van der Waals surface area contributed by atoms with E-state index in [0.29, 0.717) is 12.8 Å². The van der Waals surface area contributed by atoms with E-state index in [2.05, 4.69) is 10.1 Å². The first-order valence-corrected chi connectivity index (χ1v) is 4.38. The lowest BCUT2D eigenvalue weighted by atomic mass is 10.2. The van der Waals surface area contributed by atoms with Crippen molar-refractivity contribution in [2.45, 2.75) is 25.0 Å². The normalized spacial score (nSPS) is 23.0. The number of esters is 1. The molecule has 1 aliphatic heterocycles. The van der Waals surface area contributed by atoms with E-state index in [-0.39, 0.29) is 12.5 Å². The van der Waals surface area contributed by atoms with Crippen LogP contribution in [0.4, 0.5) is 0 Å². The first-order chi connectivity index (χ1) is 6.63. The van der Waals surface area contributed by atoms with E-state index in [4.69, 9.17) is 10.2 Å². The number of aliphatic hydroxyl groups excluding tert-OH is 2. The van der Waals surface area contributed by atoms with Gasteiger partial charge in [0, 0.05) is 6.42 Å². The van der Waals surface area contributed by atoms with Crippen LogP contribution in [0.3, 0.4) is 0 Å². The number of carbonyl (C=O) groups excluding carboxylic acids is 2. The van der Waals surface area contributed by atoms with Crippen molar-refractivity contribution in [3.8, 4) is 0 Å². The van der Waals surface area contributed by atoms with Crippen molar-refractivity contribution in [2.75, 3.05) is 13.2 Å². The van der Waals surface area contributed by atoms with Crippen molar-refractivity contribution in [3.63, 3.8) is 0 Å². The highest BCUT2D eigenvalue weighted by molar-refractivity contribution is 5.88. The Balaban J connectivity index is 2.25. The molecule has 0 aromatic rings. The number of hydrogen-bond acceptors (Lipinski definition) is 5. The van der Waals surface area contributed by atoms with Gasteiger partial charge in [0.25, 0.3) is 0 Å². The van der Waals surface area contributed by atoms with Gasteiger partial charge in [-0.1, -0.05) is 0 Å². The molecule has 0 spiro atoms. The largest absolute Gasteiger partial charge is 0.461 e. The molecular weight excluding hydrogens is 190 g/mol. The van der Waals surface area contributed by atoms with Crippen LogP contribution in [0.5, 0.6) is 0 Å². The first-order valence-electron chi connectivity index (χ1n) is 4.38. The molecule has 0 aliphatic carbocycles. The Kier molecular flexibility index (Phi) is 3.84. The molecule has 1 saturated heterocycles. The molecule has 80 valence electrons. The Morgan fingerprint density at radius 1 is 1.71 bits per heavy atom. The van der Waals surface area contributed by atoms with E-state index in [0.717, 1.165) is 0 Å². The summed E-state index contributed by atoms with van der Waals surface area (Å²) in [6.07, 6.45) is -0.314. The lowest BCUT2D eigenvalue weighted by molar-refractivity contribution is -0.150. The fourth-order valence-corrected chi connectivity index (χ4v) is 1.12. The second-order valence-corrected chi connectivity index (χ2v) is 3.13. The van der Waals surface area contributed by atoms with E-state index in [9.17, 15) is 9.59 Å². The molecule has 3 N–H and O–H groups in total. The molecule has 0 aromatic carbocycles. The van der Waals surface area contributed by atoms with E-state index in [1.807, 2.05) is 0 Å². The van der Waals surface area contributed by atoms with Crippen molar-refractivity contribution in [2.24, 2.45) is 0 Å². The SMILES string of the molecule is O=C1CC[C@H](C(=O)OCC(O)CO)N1. The molecule has 0 aromatic heterocycles. The Labute approximate surface area is 80.9 Å². The van der Waals surface area contributed by atoms with Crippen LogP contribution >= 0.6 is 0 Å². The maximum atomic E-state index is 11.2. The zero-order valence-electron chi connectivity index (χ0n) is 7.60. The summed E-state index contributed by atoms with van der Waals surface area (Å²) >= 11 is 0. The van der Waals surface area contributed by atoms with Crippen LogP contribution in [0.2, 0.25) is 0 Å². The number of amides is 1. The summed E-state index contributed by atoms with van der Waals surface area (Å²) < 4.78 is 4.66. The van der Waals surface area contributed by atoms with Gasteiger partial charge in [0.2, 0.25) is 5.91 Å². The lowest BCUT2D eigenvalue weighted by Gasteiger charge is -2.12. The highest BCUT2D eigenvalue weighted by Crippen LogP contribution is 2.07. The summed E-state index contributed by atoms with van der Waals surface area (Å²) in [4.78, 5) is 21.9. The molecule has 6 nitrogen and oxygen atoms in total. The van der Waals surface area contributed by atoms with Crippen molar-refractivity contribution in [1.82, 2.24) is 5.32 Å². The van der Waals surface area contributed by atoms with Crippen LogP contribution in [0, 0.1) is 0 Å². The minimum absolute atomic E-state index is 0.172. The highest BCUT2D eigenvalue weighted by atomic mass is 16.5. The third-order valence-electron chi connectivity index (χ3n) is 1.91. The zero-order valence-corrected chi connectivity index (χ0v) is 7.60. The summed E-state index contributed by atoms with van der Waals surface area (Å²) in [6, 6.07) is -0.603. The van der Waals surface area contributed by atoms with Crippen molar-refractivity contribution < 1.29 is 24.5 Å². The van der Waals surface area contributed by atoms with Gasteiger partial charge in [-0.05, 0) is 6.42 Å². The highest BCUT2D eigenvalue weighted by Gasteiger charge is 2.28. The molecule has 6 heteroatoms. The summed E-state index contributed by atoms with van der Waals surface area (Å²) in [7, 11) is 0. The molecule has 0 radical (unpaired) electrons. The molecule has 0 bridgehead atoms. The number of carbonyl (C=O) groups is 2. The van der Waals surface area contributed by atoms with Gasteiger partial charge in [-0.2, -0.15) is 0 Å². The maximum Gasteiger partial charge on any atom is 0.328 e. The van der Waals surface area contributed by atoms with Gasteiger partial charge in [-0.15, -0.1) is 0 Å². The van der Waals surface area contributed by atoms with Crippen molar-refractivity contribution >= 4 is 11.9 Å². The van der Waals surface area contributed by atoms with Gasteiger partial charge in [-0.25, -0.2) is 4.79 Å². The van der Waals surface area contributed by atoms with Crippen LogP contribution in [-0.2, 0) is 14.3 Å². The topological polar surface area (TPSA) is 95.9 Å². The Bertz CT molecular complexity index is 230. The molecule has 1 heterocycles. The fraction of sp³-hybridized carbons (Fsp3) is 0.750. The van der Waals surface area contributed by atoms with Gasteiger partial charge in [0.15, 0.2) is 0 Å². The monoisotopic (exact) mass is 203 g/mol. The van der Waals surface area contributed by atoms with Gasteiger partial charge >= 0.3 is 5.97 Å². The smallest absolute Gasteiger partial charge is 0.328 e. The molecule has 2 atom stereocenters. The van der Waals surface area contributed by atoms with E-state index in [1.54, 1.807) is 0 Å². The van der Waals surface area contributed by atoms with E-state index >= 15 is 0 Å². The molecule has 14 heavy (non-hydrogen) atoms. The van der Waals surface area contributed by atoms with Crippen LogP contribution < -0.4 is 5.32 Å². The maximum absolute atomic E-state index is 11.2. The standard InChI is InChI=1S/C8H13NO5/c10-3-5(11)4-14-8(13)6-1-2-7(12)9-6/h5-6,10-11H,1-4H2,(H,9,12)/t5?,6-/m1/s1. The fourth-order valence-electron chi connectivity index (χ4n) is 1.12. The number of rotatable bonds is 4. The van der Waals surface area contributed by atoms with Gasteiger partial charge in [-0.3, -0.25) is 4.79 Å². The van der Waals surface area contributed by atoms with Crippen LogP contribution in [0.1, 0.15) is 12.8 Å². The number of nitrogens with one attached hydrogen (secondary N) is 1. The third kappa shape index (κ3) is 2.97. The molecule has 1 amide bonds. The Morgan fingerprint density at radius 2 is 2.43 bits per heavy atom. The average Bonchev–Trinajstić information content (AvgIpc) is 2.60. The number of hydrogen-bond donors (Lipinski definition) is 3. The zero-order chi connectivity index (χ0) is 10.6. The Hall–Kier alpha value is -1.14. The summed E-state index contributed by atoms with van der Waals surface area (Å²) in [5, 5.41) is 19.8. The summed E-state index contributed by atoms with van der Waals surface area (Å²) in [5.41, 5.74) is 0. The number of aliphatic hydroxyl groups is 2.